The van der Waals surface area contributed by atoms with Gasteiger partial charge in [-0.05, 0) is 24.9 Å². The second-order valence-electron chi connectivity index (χ2n) is 5.75. The normalized spacial score (nSPS) is 29.0. The van der Waals surface area contributed by atoms with Crippen molar-refractivity contribution in [2.75, 3.05) is 19.6 Å². The first-order valence-electron chi connectivity index (χ1n) is 7.86. The summed E-state index contributed by atoms with van der Waals surface area (Å²) in [7, 11) is 0. The Labute approximate surface area is 130 Å². The molecular formula is C14H26N4O4. The van der Waals surface area contributed by atoms with Gasteiger partial charge in [0.2, 0.25) is 0 Å². The molecule has 126 valence electrons. The number of rotatable bonds is 10. The first-order chi connectivity index (χ1) is 10.6. The van der Waals surface area contributed by atoms with E-state index < -0.39 is 24.4 Å². The van der Waals surface area contributed by atoms with Crippen LogP contribution in [0.5, 0.6) is 0 Å². The van der Waals surface area contributed by atoms with Crippen molar-refractivity contribution in [1.29, 1.82) is 0 Å². The molecule has 8 nitrogen and oxygen atoms in total. The fraction of sp³-hybridized carbons (Fsp3) is 0.929. The molecule has 0 radical (unpaired) electrons. The first-order valence-corrected chi connectivity index (χ1v) is 7.86. The lowest BCUT2D eigenvalue weighted by Crippen LogP contribution is -2.61. The van der Waals surface area contributed by atoms with Crippen LogP contribution < -0.4 is 0 Å². The highest BCUT2D eigenvalue weighted by molar-refractivity contribution is 5.59. The van der Waals surface area contributed by atoms with Crippen LogP contribution in [-0.2, 0) is 4.79 Å². The SMILES string of the molecule is [N-]=[N+]=NCCCCCCCCN1C[C@H](O)[C@@H](O)[C@@H](O)C1C=O. The number of piperidine rings is 1. The highest BCUT2D eigenvalue weighted by atomic mass is 16.4. The quantitative estimate of drug-likeness (QED) is 0.179. The Balaban J connectivity index is 2.17. The van der Waals surface area contributed by atoms with E-state index in [0.29, 0.717) is 19.4 Å². The van der Waals surface area contributed by atoms with Crippen LogP contribution in [0.25, 0.3) is 10.4 Å². The Morgan fingerprint density at radius 2 is 1.73 bits per heavy atom. The average molecular weight is 314 g/mol. The fourth-order valence-electron chi connectivity index (χ4n) is 2.77. The maximum Gasteiger partial charge on any atom is 0.139 e. The molecule has 1 rings (SSSR count). The van der Waals surface area contributed by atoms with Crippen LogP contribution in [0.2, 0.25) is 0 Å². The lowest BCUT2D eigenvalue weighted by atomic mass is 9.94. The summed E-state index contributed by atoms with van der Waals surface area (Å²) >= 11 is 0. The monoisotopic (exact) mass is 314 g/mol. The predicted molar refractivity (Wildman–Crippen MR) is 81.2 cm³/mol. The molecule has 4 atom stereocenters. The number of nitrogens with zero attached hydrogens (tertiary/aromatic N) is 4. The third-order valence-electron chi connectivity index (χ3n) is 4.09. The zero-order valence-corrected chi connectivity index (χ0v) is 12.8. The number of β-amino-alcohol motifs (C(OH)–C–C–N with tert-alkyl or cyclic N) is 1. The van der Waals surface area contributed by atoms with Crippen molar-refractivity contribution in [3.05, 3.63) is 10.4 Å². The molecular weight excluding hydrogens is 288 g/mol. The molecule has 0 aliphatic carbocycles. The molecule has 0 spiro atoms. The van der Waals surface area contributed by atoms with Crippen LogP contribution in [0.3, 0.4) is 0 Å². The van der Waals surface area contributed by atoms with Crippen LogP contribution in [0.15, 0.2) is 5.11 Å². The summed E-state index contributed by atoms with van der Waals surface area (Å²) in [5, 5.41) is 32.5. The number of aliphatic hydroxyl groups excluding tert-OH is 3. The van der Waals surface area contributed by atoms with Crippen molar-refractivity contribution in [1.82, 2.24) is 4.90 Å². The Morgan fingerprint density at radius 1 is 1.09 bits per heavy atom. The number of aliphatic hydroxyl groups is 3. The van der Waals surface area contributed by atoms with Crippen molar-refractivity contribution < 1.29 is 20.1 Å². The molecule has 0 amide bonds. The van der Waals surface area contributed by atoms with Gasteiger partial charge < -0.3 is 20.1 Å². The zero-order valence-electron chi connectivity index (χ0n) is 12.8. The van der Waals surface area contributed by atoms with E-state index in [4.69, 9.17) is 5.53 Å². The van der Waals surface area contributed by atoms with Crippen molar-refractivity contribution >= 4 is 6.29 Å². The maximum absolute atomic E-state index is 11.1. The minimum absolute atomic E-state index is 0.202. The van der Waals surface area contributed by atoms with Crippen LogP contribution in [-0.4, -0.2) is 70.5 Å². The van der Waals surface area contributed by atoms with E-state index in [1.165, 1.54) is 0 Å². The Hall–Kier alpha value is -1.18. The molecule has 8 heteroatoms. The molecule has 1 aliphatic rings. The van der Waals surface area contributed by atoms with Crippen molar-refractivity contribution in [3.8, 4) is 0 Å². The number of carbonyl (C=O) groups excluding carboxylic acids is 1. The summed E-state index contributed by atoms with van der Waals surface area (Å²) in [6.07, 6.45) is 3.05. The van der Waals surface area contributed by atoms with Crippen LogP contribution in [0, 0.1) is 0 Å². The van der Waals surface area contributed by atoms with Gasteiger partial charge in [0.05, 0.1) is 12.1 Å². The van der Waals surface area contributed by atoms with Gasteiger partial charge in [0.25, 0.3) is 0 Å². The maximum atomic E-state index is 11.1. The Morgan fingerprint density at radius 3 is 2.36 bits per heavy atom. The van der Waals surface area contributed by atoms with Crippen LogP contribution in [0.1, 0.15) is 38.5 Å². The zero-order chi connectivity index (χ0) is 16.4. The number of aldehydes is 1. The van der Waals surface area contributed by atoms with E-state index in [9.17, 15) is 20.1 Å². The molecule has 1 fully saturated rings. The molecule has 0 saturated carbocycles. The molecule has 0 bridgehead atoms. The third kappa shape index (κ3) is 5.90. The van der Waals surface area contributed by atoms with E-state index in [1.807, 2.05) is 0 Å². The van der Waals surface area contributed by atoms with Gasteiger partial charge in [-0.1, -0.05) is 30.8 Å². The standard InChI is InChI=1S/C14H26N4O4/c15-17-16-7-5-3-1-2-4-6-8-18-9-12(20)14(22)13(21)11(18)10-19/h10-14,20-22H,1-9H2/t11?,12-,13-,14+/m0/s1. The molecule has 0 aromatic carbocycles. The third-order valence-corrected chi connectivity index (χ3v) is 4.09. The first kappa shape index (κ1) is 18.9. The van der Waals surface area contributed by atoms with Crippen LogP contribution >= 0.6 is 0 Å². The molecule has 0 aromatic rings. The summed E-state index contributed by atoms with van der Waals surface area (Å²) in [4.78, 5) is 15.5. The molecule has 1 saturated heterocycles. The van der Waals surface area contributed by atoms with Gasteiger partial charge in [0.1, 0.15) is 18.5 Å². The predicted octanol–water partition coefficient (Wildman–Crippen LogP) is 0.603. The van der Waals surface area contributed by atoms with E-state index in [0.717, 1.165) is 38.5 Å². The van der Waals surface area contributed by atoms with Crippen molar-refractivity contribution in [2.24, 2.45) is 5.11 Å². The second kappa shape index (κ2) is 10.5. The summed E-state index contributed by atoms with van der Waals surface area (Å²) in [5.41, 5.74) is 8.14. The topological polar surface area (TPSA) is 130 Å². The Bertz CT molecular complexity index is 376. The van der Waals surface area contributed by atoms with Gasteiger partial charge in [0.15, 0.2) is 0 Å². The Kier molecular flexibility index (Phi) is 9.03. The number of carbonyl (C=O) groups is 1. The average Bonchev–Trinajstić information content (AvgIpc) is 2.51. The van der Waals surface area contributed by atoms with Gasteiger partial charge in [-0.2, -0.15) is 0 Å². The molecule has 3 N–H and O–H groups in total. The molecule has 1 heterocycles. The van der Waals surface area contributed by atoms with E-state index >= 15 is 0 Å². The molecule has 0 aromatic heterocycles. The number of unbranched alkanes of at least 4 members (excludes halogenated alkanes) is 5. The van der Waals surface area contributed by atoms with Gasteiger partial charge in [0, 0.05) is 18.0 Å². The second-order valence-corrected chi connectivity index (χ2v) is 5.75. The van der Waals surface area contributed by atoms with Crippen LogP contribution in [0.4, 0.5) is 0 Å². The molecule has 22 heavy (non-hydrogen) atoms. The highest BCUT2D eigenvalue weighted by Crippen LogP contribution is 2.18. The van der Waals surface area contributed by atoms with E-state index in [1.54, 1.807) is 4.90 Å². The minimum atomic E-state index is -1.26. The van der Waals surface area contributed by atoms with E-state index in [2.05, 4.69) is 10.0 Å². The lowest BCUT2D eigenvalue weighted by molar-refractivity contribution is -0.147. The largest absolute Gasteiger partial charge is 0.389 e. The summed E-state index contributed by atoms with van der Waals surface area (Å²) in [6.45, 7) is 1.36. The molecule has 1 unspecified atom stereocenters. The number of azide groups is 1. The fourth-order valence-corrected chi connectivity index (χ4v) is 2.77. The van der Waals surface area contributed by atoms with Gasteiger partial charge in [-0.15, -0.1) is 0 Å². The van der Waals surface area contributed by atoms with E-state index in [-0.39, 0.29) is 6.54 Å². The number of hydrogen-bond acceptors (Lipinski definition) is 6. The van der Waals surface area contributed by atoms with Gasteiger partial charge in [-0.3, -0.25) is 4.90 Å². The highest BCUT2D eigenvalue weighted by Gasteiger charge is 2.40. The molecule has 1 aliphatic heterocycles. The van der Waals surface area contributed by atoms with Gasteiger partial charge in [-0.25, -0.2) is 0 Å². The van der Waals surface area contributed by atoms with Crippen molar-refractivity contribution in [3.63, 3.8) is 0 Å². The lowest BCUT2D eigenvalue weighted by Gasteiger charge is -2.41. The minimum Gasteiger partial charge on any atom is -0.389 e. The summed E-state index contributed by atoms with van der Waals surface area (Å²) in [5.74, 6) is 0. The van der Waals surface area contributed by atoms with Crippen molar-refractivity contribution in [2.45, 2.75) is 62.9 Å². The summed E-state index contributed by atoms with van der Waals surface area (Å²) < 4.78 is 0. The number of likely N-dealkylation sites (tertiary alicyclic amines) is 1. The van der Waals surface area contributed by atoms with Gasteiger partial charge >= 0.3 is 0 Å². The number of hydrogen-bond donors (Lipinski definition) is 3. The smallest absolute Gasteiger partial charge is 0.139 e. The summed E-state index contributed by atoms with van der Waals surface area (Å²) in [6, 6.07) is -0.748.